The number of rotatable bonds is 5. The van der Waals surface area contributed by atoms with Crippen LogP contribution in [-0.2, 0) is 19.1 Å². The maximum atomic E-state index is 12.1. The van der Waals surface area contributed by atoms with Crippen LogP contribution in [-0.4, -0.2) is 19.0 Å². The average Bonchev–Trinajstić information content (AvgIpc) is 2.82. The molecule has 4 nitrogen and oxygen atoms in total. The predicted molar refractivity (Wildman–Crippen MR) is 86.1 cm³/mol. The molecule has 1 aliphatic heterocycles. The van der Waals surface area contributed by atoms with Gasteiger partial charge >= 0.3 is 11.9 Å². The first-order valence-corrected chi connectivity index (χ1v) is 7.81. The lowest BCUT2D eigenvalue weighted by Gasteiger charge is -2.12. The molecule has 0 saturated heterocycles. The maximum absolute atomic E-state index is 12.1. The molecule has 0 fully saturated rings. The van der Waals surface area contributed by atoms with Crippen molar-refractivity contribution in [3.05, 3.63) is 57.6 Å². The molecule has 1 aromatic rings. The fourth-order valence-electron chi connectivity index (χ4n) is 2.31. The molecule has 0 saturated carbocycles. The summed E-state index contributed by atoms with van der Waals surface area (Å²) in [4.78, 5) is 23.4. The van der Waals surface area contributed by atoms with E-state index in [0.29, 0.717) is 12.0 Å². The molecule has 0 aromatic heterocycles. The Morgan fingerprint density at radius 1 is 1.36 bits per heavy atom. The van der Waals surface area contributed by atoms with E-state index in [1.807, 2.05) is 31.2 Å². The topological polar surface area (TPSA) is 52.6 Å². The quantitative estimate of drug-likeness (QED) is 0.587. The lowest BCUT2D eigenvalue weighted by molar-refractivity contribution is -0.140. The van der Waals surface area contributed by atoms with Gasteiger partial charge in [-0.2, -0.15) is 0 Å². The molecule has 0 N–H and O–H groups in total. The minimum absolute atomic E-state index is 0.320. The summed E-state index contributed by atoms with van der Waals surface area (Å²) in [6.45, 7) is 1.99. The fourth-order valence-corrected chi connectivity index (χ4v) is 2.58. The number of esters is 2. The van der Waals surface area contributed by atoms with Crippen LogP contribution in [0.25, 0.3) is 0 Å². The molecule has 0 bridgehead atoms. The third-order valence-electron chi connectivity index (χ3n) is 3.38. The Morgan fingerprint density at radius 2 is 2.05 bits per heavy atom. The molecule has 2 rings (SSSR count). The van der Waals surface area contributed by atoms with Crippen molar-refractivity contribution >= 4 is 27.9 Å². The Morgan fingerprint density at radius 3 is 2.64 bits per heavy atom. The SMILES string of the molecule is CCCC1=C(/C=C/C(=O)OC)C(c2ccc(Br)cc2)OC1=O. The monoisotopic (exact) mass is 364 g/mol. The average molecular weight is 365 g/mol. The summed E-state index contributed by atoms with van der Waals surface area (Å²) in [7, 11) is 1.32. The van der Waals surface area contributed by atoms with E-state index in [9.17, 15) is 9.59 Å². The first kappa shape index (κ1) is 16.5. The van der Waals surface area contributed by atoms with E-state index in [2.05, 4.69) is 20.7 Å². The second kappa shape index (κ2) is 7.40. The van der Waals surface area contributed by atoms with Crippen LogP contribution in [0.4, 0.5) is 0 Å². The van der Waals surface area contributed by atoms with Gasteiger partial charge in [-0.15, -0.1) is 0 Å². The van der Waals surface area contributed by atoms with E-state index in [-0.39, 0.29) is 5.97 Å². The summed E-state index contributed by atoms with van der Waals surface area (Å²) in [5, 5.41) is 0. The molecule has 0 radical (unpaired) electrons. The summed E-state index contributed by atoms with van der Waals surface area (Å²) >= 11 is 3.38. The highest BCUT2D eigenvalue weighted by atomic mass is 79.9. The Bertz CT molecular complexity index is 629. The third-order valence-corrected chi connectivity index (χ3v) is 3.90. The highest BCUT2D eigenvalue weighted by Gasteiger charge is 2.33. The molecule has 1 aliphatic rings. The fraction of sp³-hybridized carbons (Fsp3) is 0.294. The third kappa shape index (κ3) is 3.65. The number of hydrogen-bond donors (Lipinski definition) is 0. The van der Waals surface area contributed by atoms with E-state index in [4.69, 9.17) is 4.74 Å². The summed E-state index contributed by atoms with van der Waals surface area (Å²) < 4.78 is 11.1. The number of carbonyl (C=O) groups is 2. The molecule has 0 aliphatic carbocycles. The number of methoxy groups -OCH3 is 1. The van der Waals surface area contributed by atoms with Crippen LogP contribution < -0.4 is 0 Å². The van der Waals surface area contributed by atoms with Crippen LogP contribution in [0.3, 0.4) is 0 Å². The van der Waals surface area contributed by atoms with Gasteiger partial charge in [0.25, 0.3) is 0 Å². The second-order valence-electron chi connectivity index (χ2n) is 4.88. The van der Waals surface area contributed by atoms with Crippen molar-refractivity contribution < 1.29 is 19.1 Å². The van der Waals surface area contributed by atoms with Gasteiger partial charge < -0.3 is 9.47 Å². The van der Waals surface area contributed by atoms with Crippen molar-refractivity contribution in [2.75, 3.05) is 7.11 Å². The molecule has 5 heteroatoms. The number of benzene rings is 1. The minimum atomic E-state index is -0.483. The van der Waals surface area contributed by atoms with Gasteiger partial charge in [-0.1, -0.05) is 41.4 Å². The van der Waals surface area contributed by atoms with E-state index in [1.54, 1.807) is 6.08 Å². The molecular weight excluding hydrogens is 348 g/mol. The predicted octanol–water partition coefficient (Wildman–Crippen LogP) is 3.87. The number of halogens is 1. The van der Waals surface area contributed by atoms with Crippen LogP contribution in [0, 0.1) is 0 Å². The number of cyclic esters (lactones) is 1. The van der Waals surface area contributed by atoms with Gasteiger partial charge in [0.15, 0.2) is 6.10 Å². The normalized spacial score (nSPS) is 18.0. The van der Waals surface area contributed by atoms with Gasteiger partial charge in [-0.05, 0) is 30.2 Å². The van der Waals surface area contributed by atoms with Crippen molar-refractivity contribution in [3.8, 4) is 0 Å². The van der Waals surface area contributed by atoms with Gasteiger partial charge in [0.1, 0.15) is 0 Å². The second-order valence-corrected chi connectivity index (χ2v) is 5.79. The van der Waals surface area contributed by atoms with E-state index in [0.717, 1.165) is 22.0 Å². The number of carbonyl (C=O) groups excluding carboxylic acids is 2. The van der Waals surface area contributed by atoms with Crippen LogP contribution in [0.15, 0.2) is 52.0 Å². The van der Waals surface area contributed by atoms with Gasteiger partial charge in [0.2, 0.25) is 0 Å². The van der Waals surface area contributed by atoms with Gasteiger partial charge in [-0.25, -0.2) is 9.59 Å². The Hall–Kier alpha value is -1.88. The van der Waals surface area contributed by atoms with Crippen LogP contribution >= 0.6 is 15.9 Å². The zero-order valence-corrected chi connectivity index (χ0v) is 14.1. The van der Waals surface area contributed by atoms with Crippen molar-refractivity contribution in [2.24, 2.45) is 0 Å². The first-order chi connectivity index (χ1) is 10.6. The Balaban J connectivity index is 2.40. The summed E-state index contributed by atoms with van der Waals surface area (Å²) in [5.41, 5.74) is 2.21. The molecule has 1 unspecified atom stereocenters. The number of hydrogen-bond acceptors (Lipinski definition) is 4. The van der Waals surface area contributed by atoms with Gasteiger partial charge in [-0.3, -0.25) is 0 Å². The summed E-state index contributed by atoms with van der Waals surface area (Å²) in [5.74, 6) is -0.781. The smallest absolute Gasteiger partial charge is 0.335 e. The molecule has 1 atom stereocenters. The summed E-state index contributed by atoms with van der Waals surface area (Å²) in [6.07, 6.45) is 3.90. The number of ether oxygens (including phenoxy) is 2. The standard InChI is InChI=1S/C17H17BrO4/c1-3-4-14-13(9-10-15(19)21-2)16(22-17(14)20)11-5-7-12(18)8-6-11/h5-10,16H,3-4H2,1-2H3/b10-9+. The molecule has 22 heavy (non-hydrogen) atoms. The highest BCUT2D eigenvalue weighted by molar-refractivity contribution is 9.10. The minimum Gasteiger partial charge on any atom is -0.466 e. The van der Waals surface area contributed by atoms with Crippen molar-refractivity contribution in [1.82, 2.24) is 0 Å². The highest BCUT2D eigenvalue weighted by Crippen LogP contribution is 2.38. The van der Waals surface area contributed by atoms with E-state index in [1.165, 1.54) is 13.2 Å². The maximum Gasteiger partial charge on any atom is 0.335 e. The van der Waals surface area contributed by atoms with Gasteiger partial charge in [0, 0.05) is 21.7 Å². The Kier molecular flexibility index (Phi) is 5.55. The first-order valence-electron chi connectivity index (χ1n) is 7.02. The molecule has 1 heterocycles. The molecule has 0 amide bonds. The van der Waals surface area contributed by atoms with Gasteiger partial charge in [0.05, 0.1) is 7.11 Å². The van der Waals surface area contributed by atoms with Crippen LogP contribution in [0.2, 0.25) is 0 Å². The largest absolute Gasteiger partial charge is 0.466 e. The molecular formula is C17H17BrO4. The zero-order valence-electron chi connectivity index (χ0n) is 12.5. The van der Waals surface area contributed by atoms with Crippen molar-refractivity contribution in [3.63, 3.8) is 0 Å². The van der Waals surface area contributed by atoms with Crippen LogP contribution in [0.1, 0.15) is 31.4 Å². The van der Waals surface area contributed by atoms with Crippen molar-refractivity contribution in [2.45, 2.75) is 25.9 Å². The van der Waals surface area contributed by atoms with Crippen LogP contribution in [0.5, 0.6) is 0 Å². The lowest BCUT2D eigenvalue weighted by Crippen LogP contribution is -2.03. The molecule has 0 spiro atoms. The molecule has 1 aromatic carbocycles. The van der Waals surface area contributed by atoms with E-state index < -0.39 is 12.1 Å². The zero-order chi connectivity index (χ0) is 16.1. The molecule has 116 valence electrons. The van der Waals surface area contributed by atoms with Crippen molar-refractivity contribution in [1.29, 1.82) is 0 Å². The lowest BCUT2D eigenvalue weighted by atomic mass is 9.96. The Labute approximate surface area is 137 Å². The summed E-state index contributed by atoms with van der Waals surface area (Å²) in [6, 6.07) is 7.57. The van der Waals surface area contributed by atoms with E-state index >= 15 is 0 Å².